The van der Waals surface area contributed by atoms with Gasteiger partial charge in [-0.3, -0.25) is 0 Å². The van der Waals surface area contributed by atoms with E-state index in [1.807, 2.05) is 66.7 Å². The van der Waals surface area contributed by atoms with Crippen molar-refractivity contribution in [3.63, 3.8) is 0 Å². The molecule has 0 radical (unpaired) electrons. The van der Waals surface area contributed by atoms with Crippen LogP contribution in [0.25, 0.3) is 0 Å². The van der Waals surface area contributed by atoms with Crippen LogP contribution >= 0.6 is 0 Å². The van der Waals surface area contributed by atoms with E-state index in [9.17, 15) is 0 Å². The van der Waals surface area contributed by atoms with Gasteiger partial charge in [-0.05, 0) is 29.8 Å². The van der Waals surface area contributed by atoms with E-state index in [2.05, 4.69) is 10.3 Å². The SMILES string of the molecule is COc1ccc(CNc2ccccn2)c(OCc2ccccc2)c1. The van der Waals surface area contributed by atoms with Gasteiger partial charge in [0.2, 0.25) is 0 Å². The Morgan fingerprint density at radius 3 is 2.54 bits per heavy atom. The first kappa shape index (κ1) is 15.9. The number of hydrogen-bond acceptors (Lipinski definition) is 4. The molecule has 0 atom stereocenters. The van der Waals surface area contributed by atoms with Crippen molar-refractivity contribution in [2.24, 2.45) is 0 Å². The molecule has 0 saturated carbocycles. The zero-order valence-corrected chi connectivity index (χ0v) is 13.6. The van der Waals surface area contributed by atoms with E-state index in [1.165, 1.54) is 0 Å². The molecule has 0 spiro atoms. The third kappa shape index (κ3) is 4.26. The summed E-state index contributed by atoms with van der Waals surface area (Å²) >= 11 is 0. The molecule has 2 aromatic carbocycles. The maximum absolute atomic E-state index is 6.01. The smallest absolute Gasteiger partial charge is 0.128 e. The van der Waals surface area contributed by atoms with Gasteiger partial charge in [0.1, 0.15) is 23.9 Å². The Balaban J connectivity index is 1.72. The van der Waals surface area contributed by atoms with E-state index in [0.717, 1.165) is 28.4 Å². The van der Waals surface area contributed by atoms with E-state index in [-0.39, 0.29) is 0 Å². The molecule has 0 amide bonds. The summed E-state index contributed by atoms with van der Waals surface area (Å²) in [6, 6.07) is 21.8. The van der Waals surface area contributed by atoms with Crippen LogP contribution in [0.15, 0.2) is 72.9 Å². The average molecular weight is 320 g/mol. The van der Waals surface area contributed by atoms with E-state index in [0.29, 0.717) is 13.2 Å². The number of nitrogens with one attached hydrogen (secondary N) is 1. The number of benzene rings is 2. The van der Waals surface area contributed by atoms with E-state index < -0.39 is 0 Å². The van der Waals surface area contributed by atoms with Gasteiger partial charge < -0.3 is 14.8 Å². The van der Waals surface area contributed by atoms with Crippen molar-refractivity contribution in [3.8, 4) is 11.5 Å². The topological polar surface area (TPSA) is 43.4 Å². The highest BCUT2D eigenvalue weighted by atomic mass is 16.5. The summed E-state index contributed by atoms with van der Waals surface area (Å²) in [7, 11) is 1.65. The second-order valence-corrected chi connectivity index (χ2v) is 5.32. The summed E-state index contributed by atoms with van der Waals surface area (Å²) < 4.78 is 11.3. The van der Waals surface area contributed by atoms with Crippen LogP contribution in [0.4, 0.5) is 5.82 Å². The molecule has 24 heavy (non-hydrogen) atoms. The van der Waals surface area contributed by atoms with Crippen LogP contribution in [-0.4, -0.2) is 12.1 Å². The summed E-state index contributed by atoms with van der Waals surface area (Å²) in [4.78, 5) is 4.27. The minimum absolute atomic E-state index is 0.518. The molecule has 0 saturated heterocycles. The number of rotatable bonds is 7. The number of anilines is 1. The lowest BCUT2D eigenvalue weighted by Gasteiger charge is -2.14. The normalized spacial score (nSPS) is 10.2. The zero-order chi connectivity index (χ0) is 16.6. The molecule has 1 heterocycles. The molecule has 0 fully saturated rings. The number of aromatic nitrogens is 1. The van der Waals surface area contributed by atoms with Crippen LogP contribution in [0.3, 0.4) is 0 Å². The van der Waals surface area contributed by atoms with Crippen LogP contribution in [0.2, 0.25) is 0 Å². The standard InChI is InChI=1S/C20H20N2O2/c1-23-18-11-10-17(14-22-20-9-5-6-12-21-20)19(13-18)24-15-16-7-3-2-4-8-16/h2-13H,14-15H2,1H3,(H,21,22). The van der Waals surface area contributed by atoms with Gasteiger partial charge in [-0.1, -0.05) is 36.4 Å². The summed E-state index contributed by atoms with van der Waals surface area (Å²) in [6.45, 7) is 1.15. The minimum Gasteiger partial charge on any atom is -0.497 e. The highest BCUT2D eigenvalue weighted by molar-refractivity contribution is 5.44. The molecule has 4 nitrogen and oxygen atoms in total. The number of ether oxygens (including phenoxy) is 2. The first-order chi connectivity index (χ1) is 11.8. The van der Waals surface area contributed by atoms with E-state index in [4.69, 9.17) is 9.47 Å². The van der Waals surface area contributed by atoms with Crippen LogP contribution in [-0.2, 0) is 13.2 Å². The van der Waals surface area contributed by atoms with Crippen molar-refractivity contribution >= 4 is 5.82 Å². The van der Waals surface area contributed by atoms with Gasteiger partial charge in [-0.2, -0.15) is 0 Å². The monoisotopic (exact) mass is 320 g/mol. The van der Waals surface area contributed by atoms with E-state index >= 15 is 0 Å². The fourth-order valence-electron chi connectivity index (χ4n) is 2.33. The quantitative estimate of drug-likeness (QED) is 0.705. The predicted octanol–water partition coefficient (Wildman–Crippen LogP) is 4.28. The Morgan fingerprint density at radius 1 is 0.958 bits per heavy atom. The Bertz CT molecular complexity index is 761. The summed E-state index contributed by atoms with van der Waals surface area (Å²) in [5.74, 6) is 2.42. The average Bonchev–Trinajstić information content (AvgIpc) is 2.66. The fourth-order valence-corrected chi connectivity index (χ4v) is 2.33. The molecule has 3 aromatic rings. The van der Waals surface area contributed by atoms with Crippen LogP contribution in [0.1, 0.15) is 11.1 Å². The van der Waals surface area contributed by atoms with Gasteiger partial charge >= 0.3 is 0 Å². The van der Waals surface area contributed by atoms with Crippen molar-refractivity contribution in [3.05, 3.63) is 84.1 Å². The van der Waals surface area contributed by atoms with Crippen molar-refractivity contribution < 1.29 is 9.47 Å². The van der Waals surface area contributed by atoms with Gasteiger partial charge in [0.15, 0.2) is 0 Å². The molecule has 122 valence electrons. The molecule has 0 aliphatic rings. The molecule has 0 bridgehead atoms. The lowest BCUT2D eigenvalue weighted by atomic mass is 10.2. The fraction of sp³-hybridized carbons (Fsp3) is 0.150. The van der Waals surface area contributed by atoms with Crippen molar-refractivity contribution in [2.45, 2.75) is 13.2 Å². The molecule has 1 N–H and O–H groups in total. The third-order valence-corrected chi connectivity index (χ3v) is 3.64. The summed E-state index contributed by atoms with van der Waals surface area (Å²) in [6.07, 6.45) is 1.77. The maximum atomic E-state index is 6.01. The third-order valence-electron chi connectivity index (χ3n) is 3.64. The first-order valence-corrected chi connectivity index (χ1v) is 7.84. The maximum Gasteiger partial charge on any atom is 0.128 e. The highest BCUT2D eigenvalue weighted by Crippen LogP contribution is 2.26. The molecule has 0 aliphatic heterocycles. The lowest BCUT2D eigenvalue weighted by Crippen LogP contribution is -2.05. The number of nitrogens with zero attached hydrogens (tertiary/aromatic N) is 1. The van der Waals surface area contributed by atoms with Crippen molar-refractivity contribution in [2.75, 3.05) is 12.4 Å². The number of methoxy groups -OCH3 is 1. The first-order valence-electron chi connectivity index (χ1n) is 7.84. The second kappa shape index (κ2) is 8.02. The Labute approximate surface area is 142 Å². The lowest BCUT2D eigenvalue weighted by molar-refractivity contribution is 0.300. The van der Waals surface area contributed by atoms with Crippen LogP contribution in [0, 0.1) is 0 Å². The minimum atomic E-state index is 0.518. The molecule has 0 unspecified atom stereocenters. The second-order valence-electron chi connectivity index (χ2n) is 5.32. The molecule has 0 aliphatic carbocycles. The van der Waals surface area contributed by atoms with Crippen LogP contribution in [0.5, 0.6) is 11.5 Å². The molecular weight excluding hydrogens is 300 g/mol. The van der Waals surface area contributed by atoms with Gasteiger partial charge in [0.25, 0.3) is 0 Å². The summed E-state index contributed by atoms with van der Waals surface area (Å²) in [5.41, 5.74) is 2.18. The molecule has 4 heteroatoms. The Kier molecular flexibility index (Phi) is 5.30. The Morgan fingerprint density at radius 2 is 1.79 bits per heavy atom. The number of pyridine rings is 1. The summed E-state index contributed by atoms with van der Waals surface area (Å²) in [5, 5.41) is 3.31. The van der Waals surface area contributed by atoms with Crippen molar-refractivity contribution in [1.82, 2.24) is 4.98 Å². The largest absolute Gasteiger partial charge is 0.497 e. The molecular formula is C20H20N2O2. The van der Waals surface area contributed by atoms with E-state index in [1.54, 1.807) is 13.3 Å². The van der Waals surface area contributed by atoms with Gasteiger partial charge in [0, 0.05) is 24.4 Å². The highest BCUT2D eigenvalue weighted by Gasteiger charge is 2.07. The van der Waals surface area contributed by atoms with Gasteiger partial charge in [-0.25, -0.2) is 4.98 Å². The van der Waals surface area contributed by atoms with Gasteiger partial charge in [-0.15, -0.1) is 0 Å². The predicted molar refractivity (Wildman–Crippen MR) is 95.3 cm³/mol. The zero-order valence-electron chi connectivity index (χ0n) is 13.6. The van der Waals surface area contributed by atoms with Crippen molar-refractivity contribution in [1.29, 1.82) is 0 Å². The van der Waals surface area contributed by atoms with Gasteiger partial charge in [0.05, 0.1) is 7.11 Å². The number of hydrogen-bond donors (Lipinski definition) is 1. The molecule has 3 rings (SSSR count). The van der Waals surface area contributed by atoms with Crippen LogP contribution < -0.4 is 14.8 Å². The molecule has 1 aromatic heterocycles. The Hall–Kier alpha value is -3.01.